The summed E-state index contributed by atoms with van der Waals surface area (Å²) in [4.78, 5) is 25.6. The zero-order valence-corrected chi connectivity index (χ0v) is 18.3. The maximum absolute atomic E-state index is 13.1. The van der Waals surface area contributed by atoms with Gasteiger partial charge in [0.1, 0.15) is 5.75 Å². The second-order valence-electron chi connectivity index (χ2n) is 8.43. The van der Waals surface area contributed by atoms with E-state index in [0.29, 0.717) is 25.6 Å². The van der Waals surface area contributed by atoms with Gasteiger partial charge in [-0.2, -0.15) is 0 Å². The third kappa shape index (κ3) is 6.99. The van der Waals surface area contributed by atoms with Gasteiger partial charge >= 0.3 is 6.03 Å². The Morgan fingerprint density at radius 2 is 1.93 bits per heavy atom. The molecule has 7 heteroatoms. The molecule has 0 saturated carbocycles. The maximum atomic E-state index is 13.1. The number of nitrogens with one attached hydrogen (secondary N) is 1. The number of urea groups is 1. The smallest absolute Gasteiger partial charge is 0.318 e. The molecule has 0 bridgehead atoms. The van der Waals surface area contributed by atoms with Crippen molar-refractivity contribution in [1.82, 2.24) is 25.1 Å². The van der Waals surface area contributed by atoms with Crippen LogP contribution in [0.2, 0.25) is 0 Å². The molecule has 2 amide bonds. The molecule has 3 rings (SSSR count). The van der Waals surface area contributed by atoms with Crippen molar-refractivity contribution < 1.29 is 9.53 Å². The lowest BCUT2D eigenvalue weighted by Gasteiger charge is -2.31. The first kappa shape index (κ1) is 22.0. The van der Waals surface area contributed by atoms with Gasteiger partial charge in [-0.1, -0.05) is 26.0 Å². The number of nitrogens with zero attached hydrogens (tertiary/aromatic N) is 4. The van der Waals surface area contributed by atoms with E-state index in [1.165, 1.54) is 0 Å². The lowest BCUT2D eigenvalue weighted by Crippen LogP contribution is -2.48. The molecule has 30 heavy (non-hydrogen) atoms. The van der Waals surface area contributed by atoms with Crippen LogP contribution in [0, 0.1) is 5.92 Å². The standard InChI is InChI=1S/C23H33N5O2/c1-18(2)17-30-22-6-4-19(5-7-22)15-28(16-21-14-24-10-11-25-21)23(29)26-20-8-12-27(3)13-9-20/h4-7,10-11,14,18,20H,8-9,12-13,15-17H2,1-3H3,(H,26,29). The fourth-order valence-corrected chi connectivity index (χ4v) is 3.40. The summed E-state index contributed by atoms with van der Waals surface area (Å²) in [6.45, 7) is 7.87. The van der Waals surface area contributed by atoms with E-state index in [2.05, 4.69) is 41.1 Å². The second kappa shape index (κ2) is 10.9. The second-order valence-corrected chi connectivity index (χ2v) is 8.43. The van der Waals surface area contributed by atoms with E-state index in [0.717, 1.165) is 42.9 Å². The Bertz CT molecular complexity index is 774. The Morgan fingerprint density at radius 1 is 1.20 bits per heavy atom. The minimum atomic E-state index is -0.0599. The summed E-state index contributed by atoms with van der Waals surface area (Å²) < 4.78 is 5.76. The SMILES string of the molecule is CC(C)COc1ccc(CN(Cc2cnccn2)C(=O)NC2CCN(C)CC2)cc1. The molecular weight excluding hydrogens is 378 g/mol. The van der Waals surface area contributed by atoms with E-state index in [-0.39, 0.29) is 12.1 Å². The molecule has 2 aromatic rings. The van der Waals surface area contributed by atoms with Gasteiger partial charge in [-0.3, -0.25) is 9.97 Å². The number of amides is 2. The van der Waals surface area contributed by atoms with Gasteiger partial charge in [-0.25, -0.2) is 4.79 Å². The van der Waals surface area contributed by atoms with Crippen LogP contribution in [0.4, 0.5) is 4.79 Å². The Kier molecular flexibility index (Phi) is 8.02. The normalized spacial score (nSPS) is 15.2. The number of carbonyl (C=O) groups is 1. The van der Waals surface area contributed by atoms with Gasteiger partial charge in [0.2, 0.25) is 0 Å². The third-order valence-electron chi connectivity index (χ3n) is 5.18. The number of ether oxygens (including phenoxy) is 1. The number of rotatable bonds is 8. The summed E-state index contributed by atoms with van der Waals surface area (Å²) >= 11 is 0. The molecular formula is C23H33N5O2. The molecule has 1 aliphatic heterocycles. The van der Waals surface area contributed by atoms with Gasteiger partial charge in [0.05, 0.1) is 25.0 Å². The lowest BCUT2D eigenvalue weighted by atomic mass is 10.1. The van der Waals surface area contributed by atoms with E-state index >= 15 is 0 Å². The van der Waals surface area contributed by atoms with Crippen LogP contribution in [0.15, 0.2) is 42.9 Å². The largest absolute Gasteiger partial charge is 0.493 e. The highest BCUT2D eigenvalue weighted by Crippen LogP contribution is 2.16. The predicted octanol–water partition coefficient (Wildman–Crippen LogP) is 3.32. The molecule has 162 valence electrons. The first-order chi connectivity index (χ1) is 14.5. The molecule has 1 aromatic heterocycles. The number of carbonyl (C=O) groups excluding carboxylic acids is 1. The van der Waals surface area contributed by atoms with E-state index in [9.17, 15) is 4.79 Å². The first-order valence-electron chi connectivity index (χ1n) is 10.7. The van der Waals surface area contributed by atoms with Gasteiger partial charge in [0, 0.05) is 25.0 Å². The number of aromatic nitrogens is 2. The van der Waals surface area contributed by atoms with Crippen molar-refractivity contribution in [3.8, 4) is 5.75 Å². The highest BCUT2D eigenvalue weighted by Gasteiger charge is 2.22. The molecule has 0 spiro atoms. The number of hydrogen-bond donors (Lipinski definition) is 1. The molecule has 2 heterocycles. The summed E-state index contributed by atoms with van der Waals surface area (Å²) in [5.74, 6) is 1.33. The van der Waals surface area contributed by atoms with Crippen LogP contribution >= 0.6 is 0 Å². The first-order valence-corrected chi connectivity index (χ1v) is 10.7. The molecule has 1 saturated heterocycles. The predicted molar refractivity (Wildman–Crippen MR) is 117 cm³/mol. The van der Waals surface area contributed by atoms with Gasteiger partial charge in [0.15, 0.2) is 0 Å². The Hall–Kier alpha value is -2.67. The molecule has 1 aliphatic rings. The molecule has 0 unspecified atom stereocenters. The molecule has 7 nitrogen and oxygen atoms in total. The monoisotopic (exact) mass is 411 g/mol. The number of benzene rings is 1. The van der Waals surface area contributed by atoms with Crippen LogP contribution in [0.1, 0.15) is 37.9 Å². The average molecular weight is 412 g/mol. The van der Waals surface area contributed by atoms with Crippen LogP contribution in [-0.4, -0.2) is 58.6 Å². The summed E-state index contributed by atoms with van der Waals surface area (Å²) in [5, 5.41) is 3.21. The van der Waals surface area contributed by atoms with E-state index in [4.69, 9.17) is 4.74 Å². The van der Waals surface area contributed by atoms with E-state index < -0.39 is 0 Å². The van der Waals surface area contributed by atoms with Gasteiger partial charge in [-0.15, -0.1) is 0 Å². The fourth-order valence-electron chi connectivity index (χ4n) is 3.40. The quantitative estimate of drug-likeness (QED) is 0.722. The van der Waals surface area contributed by atoms with E-state index in [1.807, 2.05) is 24.3 Å². The van der Waals surface area contributed by atoms with Crippen molar-refractivity contribution in [2.45, 2.75) is 45.8 Å². The van der Waals surface area contributed by atoms with Crippen LogP contribution < -0.4 is 10.1 Å². The molecule has 0 radical (unpaired) electrons. The van der Waals surface area contributed by atoms with Crippen LogP contribution in [0.3, 0.4) is 0 Å². The maximum Gasteiger partial charge on any atom is 0.318 e. The number of piperidine rings is 1. The van der Waals surface area contributed by atoms with Crippen LogP contribution in [0.25, 0.3) is 0 Å². The Morgan fingerprint density at radius 3 is 2.57 bits per heavy atom. The third-order valence-corrected chi connectivity index (χ3v) is 5.18. The molecule has 0 aliphatic carbocycles. The van der Waals surface area contributed by atoms with Crippen LogP contribution in [-0.2, 0) is 13.1 Å². The van der Waals surface area contributed by atoms with Crippen molar-refractivity contribution >= 4 is 6.03 Å². The average Bonchev–Trinajstić information content (AvgIpc) is 2.75. The lowest BCUT2D eigenvalue weighted by molar-refractivity contribution is 0.175. The molecule has 1 fully saturated rings. The zero-order chi connectivity index (χ0) is 21.3. The van der Waals surface area contributed by atoms with Gasteiger partial charge < -0.3 is 19.9 Å². The van der Waals surface area contributed by atoms with Crippen molar-refractivity contribution in [1.29, 1.82) is 0 Å². The van der Waals surface area contributed by atoms with Crippen molar-refractivity contribution in [2.24, 2.45) is 5.92 Å². The van der Waals surface area contributed by atoms with Gasteiger partial charge in [-0.05, 0) is 56.6 Å². The van der Waals surface area contributed by atoms with Crippen molar-refractivity contribution in [2.75, 3.05) is 26.7 Å². The minimum Gasteiger partial charge on any atom is -0.493 e. The zero-order valence-electron chi connectivity index (χ0n) is 18.3. The summed E-state index contributed by atoms with van der Waals surface area (Å²) in [6, 6.07) is 8.12. The Balaban J connectivity index is 1.65. The fraction of sp³-hybridized carbons (Fsp3) is 0.522. The molecule has 1 N–H and O–H groups in total. The molecule has 0 atom stereocenters. The van der Waals surface area contributed by atoms with E-state index in [1.54, 1.807) is 23.5 Å². The van der Waals surface area contributed by atoms with Crippen molar-refractivity contribution in [3.05, 3.63) is 54.1 Å². The highest BCUT2D eigenvalue weighted by molar-refractivity contribution is 5.74. The number of likely N-dealkylation sites (tertiary alicyclic amines) is 1. The minimum absolute atomic E-state index is 0.0599. The number of hydrogen-bond acceptors (Lipinski definition) is 5. The van der Waals surface area contributed by atoms with Crippen LogP contribution in [0.5, 0.6) is 5.75 Å². The highest BCUT2D eigenvalue weighted by atomic mass is 16.5. The summed E-state index contributed by atoms with van der Waals surface area (Å²) in [7, 11) is 2.12. The van der Waals surface area contributed by atoms with Gasteiger partial charge in [0.25, 0.3) is 0 Å². The Labute approximate surface area is 179 Å². The molecule has 1 aromatic carbocycles. The summed E-state index contributed by atoms with van der Waals surface area (Å²) in [5.41, 5.74) is 1.82. The van der Waals surface area contributed by atoms with Crippen molar-refractivity contribution in [3.63, 3.8) is 0 Å². The summed E-state index contributed by atoms with van der Waals surface area (Å²) in [6.07, 6.45) is 6.95. The topological polar surface area (TPSA) is 70.6 Å².